The zero-order valence-electron chi connectivity index (χ0n) is 17.3. The largest absolute Gasteiger partial charge is 0.488 e. The van der Waals surface area contributed by atoms with E-state index in [1.807, 2.05) is 18.3 Å². The maximum absolute atomic E-state index is 5.98. The van der Waals surface area contributed by atoms with E-state index in [1.54, 1.807) is 7.05 Å². The summed E-state index contributed by atoms with van der Waals surface area (Å²) in [6.45, 7) is 5.64. The van der Waals surface area contributed by atoms with Gasteiger partial charge in [0, 0.05) is 52.4 Å². The minimum atomic E-state index is 0.135. The van der Waals surface area contributed by atoms with Crippen LogP contribution in [0.3, 0.4) is 0 Å². The molecule has 7 heteroatoms. The average Bonchev–Trinajstić information content (AvgIpc) is 3.18. The molecule has 0 aliphatic carbocycles. The molecule has 4 rings (SSSR count). The number of nitrogens with one attached hydrogen (secondary N) is 2. The van der Waals surface area contributed by atoms with Gasteiger partial charge in [-0.15, -0.1) is 0 Å². The van der Waals surface area contributed by atoms with Crippen LogP contribution in [0.1, 0.15) is 11.1 Å². The Balaban J connectivity index is 1.23. The van der Waals surface area contributed by atoms with Crippen molar-refractivity contribution < 1.29 is 4.74 Å². The summed E-state index contributed by atoms with van der Waals surface area (Å²) in [5.41, 5.74) is 2.41. The van der Waals surface area contributed by atoms with Crippen molar-refractivity contribution in [3.8, 4) is 5.75 Å². The average molecular weight is 395 g/mol. The normalized spacial score (nSPS) is 19.6. The summed E-state index contributed by atoms with van der Waals surface area (Å²) in [6.07, 6.45) is 3.01. The van der Waals surface area contributed by atoms with Crippen molar-refractivity contribution in [2.75, 3.05) is 51.7 Å². The van der Waals surface area contributed by atoms with Gasteiger partial charge in [0.25, 0.3) is 0 Å². The van der Waals surface area contributed by atoms with E-state index in [0.717, 1.165) is 62.2 Å². The molecule has 7 nitrogen and oxygen atoms in total. The number of ether oxygens (including phenoxy) is 1. The third-order valence-corrected chi connectivity index (χ3v) is 5.53. The standard InChI is InChI=1S/C22H30N6O/c1-23-22(26-16-19-13-18-5-3-4-6-20(18)29-19)25-15-17-7-8-21(24-14-17)28-11-9-27(2)10-12-28/h3-8,14,19H,9-13,15-16H2,1-2H3,(H2,23,25,26). The quantitative estimate of drug-likeness (QED) is 0.592. The molecule has 0 amide bonds. The number of fused-ring (bicyclic) bond motifs is 1. The highest BCUT2D eigenvalue weighted by Crippen LogP contribution is 2.27. The molecule has 0 bridgehead atoms. The summed E-state index contributed by atoms with van der Waals surface area (Å²) in [5.74, 6) is 2.82. The number of piperazine rings is 1. The third kappa shape index (κ3) is 4.98. The van der Waals surface area contributed by atoms with Crippen LogP contribution in [0.15, 0.2) is 47.6 Å². The fourth-order valence-electron chi connectivity index (χ4n) is 3.73. The van der Waals surface area contributed by atoms with Gasteiger partial charge in [0.1, 0.15) is 17.7 Å². The Morgan fingerprint density at radius 2 is 1.97 bits per heavy atom. The maximum atomic E-state index is 5.98. The number of hydrogen-bond acceptors (Lipinski definition) is 5. The molecule has 0 spiro atoms. The van der Waals surface area contributed by atoms with Crippen LogP contribution >= 0.6 is 0 Å². The molecule has 1 aromatic heterocycles. The van der Waals surface area contributed by atoms with Gasteiger partial charge in [-0.05, 0) is 30.3 Å². The summed E-state index contributed by atoms with van der Waals surface area (Å²) in [7, 11) is 3.95. The molecular formula is C22H30N6O. The summed E-state index contributed by atoms with van der Waals surface area (Å²) in [6, 6.07) is 12.5. The van der Waals surface area contributed by atoms with Gasteiger partial charge in [-0.1, -0.05) is 24.3 Å². The van der Waals surface area contributed by atoms with Gasteiger partial charge in [-0.2, -0.15) is 0 Å². The Kier molecular flexibility index (Phi) is 6.14. The van der Waals surface area contributed by atoms with E-state index in [0.29, 0.717) is 6.54 Å². The van der Waals surface area contributed by atoms with E-state index in [2.05, 4.69) is 61.7 Å². The first-order valence-electron chi connectivity index (χ1n) is 10.3. The number of likely N-dealkylation sites (N-methyl/N-ethyl adjacent to an activating group) is 1. The first-order valence-corrected chi connectivity index (χ1v) is 10.3. The molecule has 3 heterocycles. The van der Waals surface area contributed by atoms with Crippen LogP contribution in [0.5, 0.6) is 5.75 Å². The van der Waals surface area contributed by atoms with Crippen molar-refractivity contribution in [1.29, 1.82) is 0 Å². The number of rotatable bonds is 5. The highest BCUT2D eigenvalue weighted by molar-refractivity contribution is 5.79. The van der Waals surface area contributed by atoms with E-state index in [1.165, 1.54) is 5.56 Å². The van der Waals surface area contributed by atoms with Gasteiger partial charge in [-0.3, -0.25) is 4.99 Å². The van der Waals surface area contributed by atoms with Crippen LogP contribution in [0.2, 0.25) is 0 Å². The fourth-order valence-corrected chi connectivity index (χ4v) is 3.73. The SMILES string of the molecule is CN=C(NCc1ccc(N2CCN(C)CC2)nc1)NCC1Cc2ccccc2O1. The molecule has 154 valence electrons. The number of pyridine rings is 1. The number of anilines is 1. The molecule has 29 heavy (non-hydrogen) atoms. The van der Waals surface area contributed by atoms with Crippen LogP contribution in [0.4, 0.5) is 5.82 Å². The predicted octanol–water partition coefficient (Wildman–Crippen LogP) is 1.50. The van der Waals surface area contributed by atoms with Gasteiger partial charge in [0.15, 0.2) is 5.96 Å². The van der Waals surface area contributed by atoms with Crippen molar-refractivity contribution in [2.45, 2.75) is 19.1 Å². The Hall–Kier alpha value is -2.80. The smallest absolute Gasteiger partial charge is 0.191 e. The molecule has 0 saturated carbocycles. The Labute approximate surface area is 172 Å². The number of benzene rings is 1. The lowest BCUT2D eigenvalue weighted by molar-refractivity contribution is 0.235. The van der Waals surface area contributed by atoms with Crippen LogP contribution in [-0.2, 0) is 13.0 Å². The van der Waals surface area contributed by atoms with Crippen LogP contribution in [0, 0.1) is 0 Å². The number of aromatic nitrogens is 1. The lowest BCUT2D eigenvalue weighted by atomic mass is 10.1. The Morgan fingerprint density at radius 3 is 2.69 bits per heavy atom. The number of aliphatic imine (C=N–C) groups is 1. The van der Waals surface area contributed by atoms with Crippen molar-refractivity contribution >= 4 is 11.8 Å². The topological polar surface area (TPSA) is 65.0 Å². The number of nitrogens with zero attached hydrogens (tertiary/aromatic N) is 4. The highest BCUT2D eigenvalue weighted by atomic mass is 16.5. The monoisotopic (exact) mass is 394 g/mol. The lowest BCUT2D eigenvalue weighted by Crippen LogP contribution is -2.44. The van der Waals surface area contributed by atoms with Crippen molar-refractivity contribution in [3.05, 3.63) is 53.7 Å². The lowest BCUT2D eigenvalue weighted by Gasteiger charge is -2.33. The molecule has 1 saturated heterocycles. The highest BCUT2D eigenvalue weighted by Gasteiger charge is 2.22. The van der Waals surface area contributed by atoms with E-state index < -0.39 is 0 Å². The van der Waals surface area contributed by atoms with Crippen LogP contribution in [0.25, 0.3) is 0 Å². The van der Waals surface area contributed by atoms with Gasteiger partial charge >= 0.3 is 0 Å². The van der Waals surface area contributed by atoms with E-state index in [4.69, 9.17) is 4.74 Å². The second kappa shape index (κ2) is 9.13. The summed E-state index contributed by atoms with van der Waals surface area (Å²) in [4.78, 5) is 13.7. The Morgan fingerprint density at radius 1 is 1.14 bits per heavy atom. The van der Waals surface area contributed by atoms with Crippen molar-refractivity contribution in [3.63, 3.8) is 0 Å². The molecule has 1 atom stereocenters. The second-order valence-corrected chi connectivity index (χ2v) is 7.67. The molecular weight excluding hydrogens is 364 g/mol. The predicted molar refractivity (Wildman–Crippen MR) is 117 cm³/mol. The number of para-hydroxylation sites is 1. The zero-order chi connectivity index (χ0) is 20.1. The van der Waals surface area contributed by atoms with E-state index in [-0.39, 0.29) is 6.10 Å². The molecule has 1 fully saturated rings. The molecule has 2 aliphatic heterocycles. The van der Waals surface area contributed by atoms with Crippen molar-refractivity contribution in [1.82, 2.24) is 20.5 Å². The molecule has 0 radical (unpaired) electrons. The fraction of sp³-hybridized carbons (Fsp3) is 0.455. The van der Waals surface area contributed by atoms with Gasteiger partial charge in [0.2, 0.25) is 0 Å². The van der Waals surface area contributed by atoms with E-state index >= 15 is 0 Å². The van der Waals surface area contributed by atoms with Gasteiger partial charge in [-0.25, -0.2) is 4.98 Å². The zero-order valence-corrected chi connectivity index (χ0v) is 17.3. The molecule has 2 N–H and O–H groups in total. The van der Waals surface area contributed by atoms with Crippen LogP contribution < -0.4 is 20.3 Å². The summed E-state index contributed by atoms with van der Waals surface area (Å²) < 4.78 is 5.98. The van der Waals surface area contributed by atoms with E-state index in [9.17, 15) is 0 Å². The first-order chi connectivity index (χ1) is 14.2. The summed E-state index contributed by atoms with van der Waals surface area (Å²) >= 11 is 0. The maximum Gasteiger partial charge on any atom is 0.191 e. The van der Waals surface area contributed by atoms with Gasteiger partial charge in [0.05, 0.1) is 6.54 Å². The molecule has 2 aromatic rings. The first kappa shape index (κ1) is 19.5. The minimum absolute atomic E-state index is 0.135. The number of hydrogen-bond donors (Lipinski definition) is 2. The molecule has 2 aliphatic rings. The van der Waals surface area contributed by atoms with Crippen molar-refractivity contribution in [2.24, 2.45) is 4.99 Å². The minimum Gasteiger partial charge on any atom is -0.488 e. The number of guanidine groups is 1. The summed E-state index contributed by atoms with van der Waals surface area (Å²) in [5, 5.41) is 6.72. The molecule has 1 aromatic carbocycles. The molecule has 1 unspecified atom stereocenters. The Bertz CT molecular complexity index is 804. The van der Waals surface area contributed by atoms with Crippen LogP contribution in [-0.4, -0.2) is 68.8 Å². The third-order valence-electron chi connectivity index (χ3n) is 5.53. The second-order valence-electron chi connectivity index (χ2n) is 7.67. The van der Waals surface area contributed by atoms with Gasteiger partial charge < -0.3 is 25.2 Å².